The van der Waals surface area contributed by atoms with Crippen LogP contribution < -0.4 is 0 Å². The largest absolute Gasteiger partial charge is 0.396 e. The lowest BCUT2D eigenvalue weighted by Gasteiger charge is -1.97. The summed E-state index contributed by atoms with van der Waals surface area (Å²) in [5.41, 5.74) is 3.47. The Bertz CT molecular complexity index is 447. The Kier molecular flexibility index (Phi) is 3.70. The van der Waals surface area contributed by atoms with E-state index in [-0.39, 0.29) is 6.61 Å². The molecular weight excluding hydrogens is 218 g/mol. The summed E-state index contributed by atoms with van der Waals surface area (Å²) in [6.07, 6.45) is 1.66. The number of hydrogen-bond donors (Lipinski definition) is 1. The number of thiazole rings is 1. The molecule has 0 saturated heterocycles. The summed E-state index contributed by atoms with van der Waals surface area (Å²) in [6, 6.07) is 8.39. The number of aryl methyl sites for hydroxylation is 2. The topological polar surface area (TPSA) is 33.1 Å². The zero-order chi connectivity index (χ0) is 11.4. The molecule has 0 saturated carbocycles. The lowest BCUT2D eigenvalue weighted by atomic mass is 10.1. The molecule has 0 spiro atoms. The molecule has 0 atom stereocenters. The van der Waals surface area contributed by atoms with Crippen LogP contribution in [0.3, 0.4) is 0 Å². The molecule has 1 aromatic heterocycles. The second-order valence-electron chi connectivity index (χ2n) is 3.82. The summed E-state index contributed by atoms with van der Waals surface area (Å²) < 4.78 is 0. The van der Waals surface area contributed by atoms with Gasteiger partial charge in [0.05, 0.1) is 10.7 Å². The fourth-order valence-electron chi connectivity index (χ4n) is 1.51. The smallest absolute Gasteiger partial charge is 0.0933 e. The highest BCUT2D eigenvalue weighted by molar-refractivity contribution is 7.09. The van der Waals surface area contributed by atoms with Gasteiger partial charge in [-0.15, -0.1) is 11.3 Å². The highest BCUT2D eigenvalue weighted by Gasteiger charge is 2.03. The number of aliphatic hydroxyl groups excluding tert-OH is 1. The van der Waals surface area contributed by atoms with Gasteiger partial charge in [-0.1, -0.05) is 29.8 Å². The number of aromatic nitrogens is 1. The van der Waals surface area contributed by atoms with Crippen LogP contribution in [-0.4, -0.2) is 16.7 Å². The maximum absolute atomic E-state index is 8.76. The summed E-state index contributed by atoms with van der Waals surface area (Å²) in [5.74, 6) is 0. The number of aliphatic hydroxyl groups is 1. The quantitative estimate of drug-likeness (QED) is 0.880. The van der Waals surface area contributed by atoms with Crippen LogP contribution >= 0.6 is 11.3 Å². The van der Waals surface area contributed by atoms with Crippen molar-refractivity contribution in [1.29, 1.82) is 0 Å². The van der Waals surface area contributed by atoms with Crippen LogP contribution in [0.2, 0.25) is 0 Å². The van der Waals surface area contributed by atoms with Crippen molar-refractivity contribution in [3.8, 4) is 11.3 Å². The summed E-state index contributed by atoms with van der Waals surface area (Å²) in [4.78, 5) is 4.56. The monoisotopic (exact) mass is 233 g/mol. The first-order valence-corrected chi connectivity index (χ1v) is 6.30. The molecule has 0 radical (unpaired) electrons. The van der Waals surface area contributed by atoms with E-state index in [1.54, 1.807) is 11.3 Å². The fourth-order valence-corrected chi connectivity index (χ4v) is 2.36. The molecule has 1 N–H and O–H groups in total. The minimum atomic E-state index is 0.236. The zero-order valence-corrected chi connectivity index (χ0v) is 10.1. The molecule has 3 heteroatoms. The summed E-state index contributed by atoms with van der Waals surface area (Å²) in [6.45, 7) is 2.32. The Morgan fingerprint density at radius 2 is 2.00 bits per heavy atom. The third-order valence-electron chi connectivity index (χ3n) is 2.45. The first-order valence-electron chi connectivity index (χ1n) is 5.42. The lowest BCUT2D eigenvalue weighted by Crippen LogP contribution is -1.88. The van der Waals surface area contributed by atoms with E-state index < -0.39 is 0 Å². The lowest BCUT2D eigenvalue weighted by molar-refractivity contribution is 0.288. The highest BCUT2D eigenvalue weighted by Crippen LogP contribution is 2.22. The Morgan fingerprint density at radius 1 is 1.25 bits per heavy atom. The van der Waals surface area contributed by atoms with Crippen molar-refractivity contribution in [2.24, 2.45) is 0 Å². The molecule has 0 unspecified atom stereocenters. The van der Waals surface area contributed by atoms with Crippen molar-refractivity contribution in [2.75, 3.05) is 6.61 Å². The maximum atomic E-state index is 8.76. The van der Waals surface area contributed by atoms with E-state index in [4.69, 9.17) is 5.11 Å². The molecule has 0 aliphatic heterocycles. The van der Waals surface area contributed by atoms with Gasteiger partial charge in [0, 0.05) is 24.0 Å². The predicted molar refractivity (Wildman–Crippen MR) is 67.7 cm³/mol. The van der Waals surface area contributed by atoms with Gasteiger partial charge in [-0.2, -0.15) is 0 Å². The van der Waals surface area contributed by atoms with Crippen LogP contribution in [0.1, 0.15) is 17.0 Å². The van der Waals surface area contributed by atoms with Crippen LogP contribution in [0.4, 0.5) is 0 Å². The number of hydrogen-bond acceptors (Lipinski definition) is 3. The van der Waals surface area contributed by atoms with Gasteiger partial charge in [-0.25, -0.2) is 4.98 Å². The zero-order valence-electron chi connectivity index (χ0n) is 9.31. The minimum Gasteiger partial charge on any atom is -0.396 e. The molecular formula is C13H15NOS. The van der Waals surface area contributed by atoms with E-state index in [0.717, 1.165) is 29.1 Å². The van der Waals surface area contributed by atoms with E-state index in [9.17, 15) is 0 Å². The third-order valence-corrected chi connectivity index (χ3v) is 3.36. The van der Waals surface area contributed by atoms with Gasteiger partial charge in [-0.05, 0) is 13.3 Å². The van der Waals surface area contributed by atoms with Gasteiger partial charge in [0.2, 0.25) is 0 Å². The Balaban J connectivity index is 2.15. The third kappa shape index (κ3) is 2.68. The van der Waals surface area contributed by atoms with Gasteiger partial charge in [0.15, 0.2) is 0 Å². The molecule has 0 aliphatic rings. The average molecular weight is 233 g/mol. The fraction of sp³-hybridized carbons (Fsp3) is 0.308. The maximum Gasteiger partial charge on any atom is 0.0933 e. The molecule has 84 valence electrons. The summed E-state index contributed by atoms with van der Waals surface area (Å²) in [7, 11) is 0. The van der Waals surface area contributed by atoms with Gasteiger partial charge < -0.3 is 5.11 Å². The summed E-state index contributed by atoms with van der Waals surface area (Å²) >= 11 is 1.67. The van der Waals surface area contributed by atoms with Gasteiger partial charge in [0.25, 0.3) is 0 Å². The molecule has 2 aromatic rings. The molecule has 0 fully saturated rings. The molecule has 2 rings (SSSR count). The number of nitrogens with zero attached hydrogens (tertiary/aromatic N) is 1. The minimum absolute atomic E-state index is 0.236. The molecule has 0 bridgehead atoms. The first kappa shape index (κ1) is 11.3. The van der Waals surface area contributed by atoms with Crippen LogP contribution in [0.25, 0.3) is 11.3 Å². The van der Waals surface area contributed by atoms with E-state index in [1.165, 1.54) is 5.56 Å². The van der Waals surface area contributed by atoms with Crippen LogP contribution in [0.15, 0.2) is 29.6 Å². The molecule has 0 aliphatic carbocycles. The number of benzene rings is 1. The van der Waals surface area contributed by atoms with E-state index >= 15 is 0 Å². The van der Waals surface area contributed by atoms with E-state index in [1.807, 2.05) is 0 Å². The molecule has 1 aromatic carbocycles. The van der Waals surface area contributed by atoms with Crippen molar-refractivity contribution < 1.29 is 5.11 Å². The van der Waals surface area contributed by atoms with Crippen LogP contribution in [-0.2, 0) is 6.42 Å². The van der Waals surface area contributed by atoms with E-state index in [2.05, 4.69) is 41.6 Å². The van der Waals surface area contributed by atoms with Gasteiger partial charge >= 0.3 is 0 Å². The van der Waals surface area contributed by atoms with Gasteiger partial charge in [0.1, 0.15) is 0 Å². The highest BCUT2D eigenvalue weighted by atomic mass is 32.1. The second kappa shape index (κ2) is 5.23. The van der Waals surface area contributed by atoms with Crippen molar-refractivity contribution in [3.05, 3.63) is 40.2 Å². The molecule has 16 heavy (non-hydrogen) atoms. The van der Waals surface area contributed by atoms with E-state index in [0.29, 0.717) is 0 Å². The molecule has 2 nitrogen and oxygen atoms in total. The van der Waals surface area contributed by atoms with Gasteiger partial charge in [-0.3, -0.25) is 0 Å². The van der Waals surface area contributed by atoms with Crippen LogP contribution in [0, 0.1) is 6.92 Å². The SMILES string of the molecule is Cc1ccc(-c2csc(CCCO)n2)cc1. The van der Waals surface area contributed by atoms with Crippen molar-refractivity contribution in [2.45, 2.75) is 19.8 Å². The molecule has 0 amide bonds. The molecule has 1 heterocycles. The standard InChI is InChI=1S/C13H15NOS/c1-10-4-6-11(7-5-10)12-9-16-13(14-12)3-2-8-15/h4-7,9,15H,2-3,8H2,1H3. The van der Waals surface area contributed by atoms with Crippen molar-refractivity contribution in [3.63, 3.8) is 0 Å². The van der Waals surface area contributed by atoms with Crippen molar-refractivity contribution >= 4 is 11.3 Å². The first-order chi connectivity index (χ1) is 7.79. The summed E-state index contributed by atoms with van der Waals surface area (Å²) in [5, 5.41) is 11.9. The second-order valence-corrected chi connectivity index (χ2v) is 4.76. The Labute approximate surface area is 99.6 Å². The normalized spacial score (nSPS) is 10.6. The average Bonchev–Trinajstić information content (AvgIpc) is 2.76. The Morgan fingerprint density at radius 3 is 2.69 bits per heavy atom. The van der Waals surface area contributed by atoms with Crippen LogP contribution in [0.5, 0.6) is 0 Å². The van der Waals surface area contributed by atoms with Crippen molar-refractivity contribution in [1.82, 2.24) is 4.98 Å². The Hall–Kier alpha value is -1.19. The predicted octanol–water partition coefficient (Wildman–Crippen LogP) is 3.04. The number of rotatable bonds is 4.